The molecule has 154 valence electrons. The van der Waals surface area contributed by atoms with Gasteiger partial charge < -0.3 is 9.42 Å². The molecule has 2 aliphatic rings. The van der Waals surface area contributed by atoms with Gasteiger partial charge >= 0.3 is 0 Å². The van der Waals surface area contributed by atoms with Crippen LogP contribution in [0, 0.1) is 5.92 Å². The third-order valence-electron chi connectivity index (χ3n) is 6.03. The van der Waals surface area contributed by atoms with Crippen molar-refractivity contribution in [3.05, 3.63) is 64.0 Å². The number of rotatable bonds is 4. The summed E-state index contributed by atoms with van der Waals surface area (Å²) in [5.41, 5.74) is 3.26. The fourth-order valence-corrected chi connectivity index (χ4v) is 4.32. The van der Waals surface area contributed by atoms with E-state index in [0.29, 0.717) is 37.0 Å². The number of fused-ring (bicyclic) bond motifs is 1. The quantitative estimate of drug-likeness (QED) is 0.661. The summed E-state index contributed by atoms with van der Waals surface area (Å²) >= 11 is 0. The Morgan fingerprint density at radius 1 is 1.20 bits per heavy atom. The van der Waals surface area contributed by atoms with Gasteiger partial charge in [0.25, 0.3) is 11.5 Å². The number of carbonyl (C=O) groups is 1. The molecule has 3 aromatic heterocycles. The Morgan fingerprint density at radius 3 is 2.87 bits per heavy atom. The number of aromatic nitrogens is 4. The molecule has 0 aromatic carbocycles. The molecule has 0 N–H and O–H groups in total. The molecule has 1 aliphatic heterocycles. The van der Waals surface area contributed by atoms with Crippen molar-refractivity contribution in [3.8, 4) is 11.3 Å². The van der Waals surface area contributed by atoms with Gasteiger partial charge in [-0.2, -0.15) is 5.10 Å². The molecular formula is C22H23N5O3. The second kappa shape index (κ2) is 7.85. The third-order valence-corrected chi connectivity index (χ3v) is 6.03. The van der Waals surface area contributed by atoms with E-state index < -0.39 is 0 Å². The van der Waals surface area contributed by atoms with Crippen LogP contribution in [-0.2, 0) is 19.4 Å². The Kier molecular flexibility index (Phi) is 4.90. The topological polar surface area (TPSA) is 94.1 Å². The molecule has 1 amide bonds. The molecule has 8 heteroatoms. The normalized spacial score (nSPS) is 16.6. The van der Waals surface area contributed by atoms with Crippen LogP contribution in [0.1, 0.15) is 41.0 Å². The van der Waals surface area contributed by atoms with Gasteiger partial charge in [0.15, 0.2) is 11.5 Å². The lowest BCUT2D eigenvalue weighted by atomic mass is 9.96. The van der Waals surface area contributed by atoms with E-state index in [9.17, 15) is 9.59 Å². The van der Waals surface area contributed by atoms with Crippen LogP contribution in [0.25, 0.3) is 11.3 Å². The van der Waals surface area contributed by atoms with E-state index in [4.69, 9.17) is 4.52 Å². The first-order chi connectivity index (χ1) is 14.7. The lowest BCUT2D eigenvalue weighted by molar-refractivity contribution is 0.0670. The van der Waals surface area contributed by atoms with Crippen molar-refractivity contribution in [1.82, 2.24) is 24.8 Å². The molecule has 1 saturated heterocycles. The Bertz CT molecular complexity index is 1110. The van der Waals surface area contributed by atoms with Crippen LogP contribution in [0.3, 0.4) is 0 Å². The molecule has 0 radical (unpaired) electrons. The molecule has 30 heavy (non-hydrogen) atoms. The first-order valence-electron chi connectivity index (χ1n) is 10.4. The summed E-state index contributed by atoms with van der Waals surface area (Å²) in [7, 11) is 0. The highest BCUT2D eigenvalue weighted by Crippen LogP contribution is 2.23. The molecule has 1 fully saturated rings. The van der Waals surface area contributed by atoms with Gasteiger partial charge in [-0.15, -0.1) is 0 Å². The van der Waals surface area contributed by atoms with Gasteiger partial charge in [-0.25, -0.2) is 4.68 Å². The molecule has 0 atom stereocenters. The number of piperidine rings is 1. The highest BCUT2D eigenvalue weighted by Gasteiger charge is 2.27. The standard InChI is InChI=1S/C22H23N5O3/c28-21-11-16-3-1-5-18(16)24-27(21)14-15-6-9-26(10-7-15)22(29)19-12-20(30-25-19)17-4-2-8-23-13-17/h2,4,8,11-13,15H,1,3,5-7,9-10,14H2. The minimum Gasteiger partial charge on any atom is -0.355 e. The summed E-state index contributed by atoms with van der Waals surface area (Å²) in [5, 5.41) is 8.53. The average molecular weight is 405 g/mol. The molecule has 8 nitrogen and oxygen atoms in total. The highest BCUT2D eigenvalue weighted by molar-refractivity contribution is 5.93. The number of hydrogen-bond acceptors (Lipinski definition) is 6. The first-order valence-corrected chi connectivity index (χ1v) is 10.4. The molecule has 5 rings (SSSR count). The zero-order chi connectivity index (χ0) is 20.5. The van der Waals surface area contributed by atoms with Crippen molar-refractivity contribution in [2.45, 2.75) is 38.6 Å². The van der Waals surface area contributed by atoms with Gasteiger partial charge in [0.1, 0.15) is 0 Å². The second-order valence-electron chi connectivity index (χ2n) is 8.04. The predicted molar refractivity (Wildman–Crippen MR) is 109 cm³/mol. The van der Waals surface area contributed by atoms with E-state index in [1.165, 1.54) is 0 Å². The van der Waals surface area contributed by atoms with Gasteiger partial charge in [-0.3, -0.25) is 14.6 Å². The number of likely N-dealkylation sites (tertiary alicyclic amines) is 1. The molecule has 0 bridgehead atoms. The lowest BCUT2D eigenvalue weighted by Gasteiger charge is -2.31. The smallest absolute Gasteiger partial charge is 0.276 e. The number of aryl methyl sites for hydroxylation is 2. The number of carbonyl (C=O) groups excluding carboxylic acids is 1. The van der Waals surface area contributed by atoms with E-state index in [0.717, 1.165) is 48.9 Å². The van der Waals surface area contributed by atoms with Crippen molar-refractivity contribution < 1.29 is 9.32 Å². The summed E-state index contributed by atoms with van der Waals surface area (Å²) in [6.07, 6.45) is 8.04. The SMILES string of the molecule is O=C(c1cc(-c2cccnc2)on1)N1CCC(Cn2nc3c(cc2=O)CCC3)CC1. The van der Waals surface area contributed by atoms with E-state index >= 15 is 0 Å². The molecular weight excluding hydrogens is 382 g/mol. The van der Waals surface area contributed by atoms with Crippen LogP contribution in [0.2, 0.25) is 0 Å². The van der Waals surface area contributed by atoms with Crippen LogP contribution < -0.4 is 5.56 Å². The molecule has 0 saturated carbocycles. The Labute approximate surface area is 173 Å². The third kappa shape index (κ3) is 3.65. The fraction of sp³-hybridized carbons (Fsp3) is 0.409. The molecule has 0 spiro atoms. The number of hydrogen-bond donors (Lipinski definition) is 0. The zero-order valence-electron chi connectivity index (χ0n) is 16.7. The summed E-state index contributed by atoms with van der Waals surface area (Å²) in [5.74, 6) is 0.741. The maximum atomic E-state index is 12.8. The minimum atomic E-state index is -0.125. The lowest BCUT2D eigenvalue weighted by Crippen LogP contribution is -2.40. The molecule has 0 unspecified atom stereocenters. The van der Waals surface area contributed by atoms with E-state index in [-0.39, 0.29) is 11.5 Å². The van der Waals surface area contributed by atoms with E-state index in [1.807, 2.05) is 12.1 Å². The monoisotopic (exact) mass is 405 g/mol. The van der Waals surface area contributed by atoms with Crippen LogP contribution in [-0.4, -0.2) is 43.8 Å². The Balaban J connectivity index is 1.21. The van der Waals surface area contributed by atoms with Gasteiger partial charge in [0.05, 0.1) is 5.69 Å². The number of nitrogens with zero attached hydrogens (tertiary/aromatic N) is 5. The van der Waals surface area contributed by atoms with Crippen LogP contribution in [0.5, 0.6) is 0 Å². The predicted octanol–water partition coefficient (Wildman–Crippen LogP) is 2.33. The Morgan fingerprint density at radius 2 is 2.07 bits per heavy atom. The first kappa shape index (κ1) is 18.7. The van der Waals surface area contributed by atoms with E-state index in [2.05, 4.69) is 15.2 Å². The maximum Gasteiger partial charge on any atom is 0.276 e. The van der Waals surface area contributed by atoms with Crippen molar-refractivity contribution in [2.75, 3.05) is 13.1 Å². The van der Waals surface area contributed by atoms with Gasteiger partial charge in [0, 0.05) is 49.7 Å². The number of pyridine rings is 1. The molecule has 3 aromatic rings. The number of amides is 1. The second-order valence-corrected chi connectivity index (χ2v) is 8.04. The average Bonchev–Trinajstić information content (AvgIpc) is 3.44. The van der Waals surface area contributed by atoms with Crippen molar-refractivity contribution in [2.24, 2.45) is 5.92 Å². The minimum absolute atomic E-state index is 0.0142. The van der Waals surface area contributed by atoms with Crippen LogP contribution in [0.15, 0.2) is 46.0 Å². The zero-order valence-corrected chi connectivity index (χ0v) is 16.7. The summed E-state index contributed by atoms with van der Waals surface area (Å²) in [4.78, 5) is 31.0. The van der Waals surface area contributed by atoms with Crippen molar-refractivity contribution in [1.29, 1.82) is 0 Å². The van der Waals surface area contributed by atoms with Gasteiger partial charge in [-0.1, -0.05) is 5.16 Å². The maximum absolute atomic E-state index is 12.8. The van der Waals surface area contributed by atoms with Crippen LogP contribution >= 0.6 is 0 Å². The largest absolute Gasteiger partial charge is 0.355 e. The van der Waals surface area contributed by atoms with Crippen molar-refractivity contribution >= 4 is 5.91 Å². The van der Waals surface area contributed by atoms with E-state index in [1.54, 1.807) is 34.1 Å². The fourth-order valence-electron chi connectivity index (χ4n) is 4.32. The highest BCUT2D eigenvalue weighted by atomic mass is 16.5. The molecule has 4 heterocycles. The summed E-state index contributed by atoms with van der Waals surface area (Å²) in [6.45, 7) is 1.89. The summed E-state index contributed by atoms with van der Waals surface area (Å²) in [6, 6.07) is 7.09. The molecule has 1 aliphatic carbocycles. The van der Waals surface area contributed by atoms with Crippen LogP contribution in [0.4, 0.5) is 0 Å². The van der Waals surface area contributed by atoms with Gasteiger partial charge in [0.2, 0.25) is 0 Å². The van der Waals surface area contributed by atoms with Gasteiger partial charge in [-0.05, 0) is 55.7 Å². The van der Waals surface area contributed by atoms with Crippen molar-refractivity contribution in [3.63, 3.8) is 0 Å². The summed E-state index contributed by atoms with van der Waals surface area (Å²) < 4.78 is 6.94. The Hall–Kier alpha value is -3.29.